The summed E-state index contributed by atoms with van der Waals surface area (Å²) in [6.45, 7) is 2.38. The standard InChI is InChI=1S/C14H20N2O2/c1-10(14(17)16-12-5-6-12)18-13-4-2-3-11(9-13)7-8-15/h2-4,9-10,12H,5-8,15H2,1H3,(H,16,17). The fourth-order valence-electron chi connectivity index (χ4n) is 1.74. The summed E-state index contributed by atoms with van der Waals surface area (Å²) in [5.41, 5.74) is 6.65. The van der Waals surface area contributed by atoms with Crippen LogP contribution in [0.1, 0.15) is 25.3 Å². The molecule has 0 spiro atoms. The number of nitrogens with one attached hydrogen (secondary N) is 1. The quantitative estimate of drug-likeness (QED) is 0.796. The van der Waals surface area contributed by atoms with Gasteiger partial charge in [0.1, 0.15) is 5.75 Å². The van der Waals surface area contributed by atoms with Crippen molar-refractivity contribution in [3.05, 3.63) is 29.8 Å². The molecule has 1 fully saturated rings. The zero-order chi connectivity index (χ0) is 13.0. The topological polar surface area (TPSA) is 64.3 Å². The Balaban J connectivity index is 1.90. The fourth-order valence-corrected chi connectivity index (χ4v) is 1.74. The van der Waals surface area contributed by atoms with Gasteiger partial charge in [-0.3, -0.25) is 4.79 Å². The fraction of sp³-hybridized carbons (Fsp3) is 0.500. The molecule has 1 aliphatic carbocycles. The normalized spacial score (nSPS) is 16.1. The number of carbonyl (C=O) groups is 1. The van der Waals surface area contributed by atoms with Crippen molar-refractivity contribution in [2.24, 2.45) is 5.73 Å². The van der Waals surface area contributed by atoms with E-state index in [4.69, 9.17) is 10.5 Å². The Morgan fingerprint density at radius 1 is 1.56 bits per heavy atom. The highest BCUT2D eigenvalue weighted by Crippen LogP contribution is 2.19. The average Bonchev–Trinajstić information content (AvgIpc) is 3.14. The smallest absolute Gasteiger partial charge is 0.260 e. The molecule has 0 aliphatic heterocycles. The second-order valence-electron chi connectivity index (χ2n) is 4.73. The summed E-state index contributed by atoms with van der Waals surface area (Å²) in [5, 5.41) is 2.93. The lowest BCUT2D eigenvalue weighted by atomic mass is 10.1. The van der Waals surface area contributed by atoms with Gasteiger partial charge in [-0.2, -0.15) is 0 Å². The van der Waals surface area contributed by atoms with Crippen molar-refractivity contribution < 1.29 is 9.53 Å². The van der Waals surface area contributed by atoms with Crippen molar-refractivity contribution in [2.45, 2.75) is 38.3 Å². The van der Waals surface area contributed by atoms with Crippen LogP contribution in [0.15, 0.2) is 24.3 Å². The second kappa shape index (κ2) is 5.87. The summed E-state index contributed by atoms with van der Waals surface area (Å²) in [4.78, 5) is 11.8. The first-order valence-corrected chi connectivity index (χ1v) is 6.45. The predicted molar refractivity (Wildman–Crippen MR) is 70.5 cm³/mol. The van der Waals surface area contributed by atoms with Gasteiger partial charge in [-0.15, -0.1) is 0 Å². The lowest BCUT2D eigenvalue weighted by Crippen LogP contribution is -2.37. The lowest BCUT2D eigenvalue weighted by molar-refractivity contribution is -0.127. The highest BCUT2D eigenvalue weighted by Gasteiger charge is 2.26. The van der Waals surface area contributed by atoms with E-state index in [-0.39, 0.29) is 5.91 Å². The average molecular weight is 248 g/mol. The van der Waals surface area contributed by atoms with Gasteiger partial charge in [-0.05, 0) is 50.4 Å². The van der Waals surface area contributed by atoms with Crippen molar-refractivity contribution in [1.29, 1.82) is 0 Å². The van der Waals surface area contributed by atoms with Crippen molar-refractivity contribution in [3.63, 3.8) is 0 Å². The summed E-state index contributed by atoms with van der Waals surface area (Å²) < 4.78 is 5.64. The zero-order valence-corrected chi connectivity index (χ0v) is 10.7. The van der Waals surface area contributed by atoms with Gasteiger partial charge in [0.2, 0.25) is 0 Å². The molecule has 0 bridgehead atoms. The van der Waals surface area contributed by atoms with E-state index in [0.717, 1.165) is 30.6 Å². The highest BCUT2D eigenvalue weighted by atomic mass is 16.5. The van der Waals surface area contributed by atoms with Crippen LogP contribution in [0.25, 0.3) is 0 Å². The number of hydrogen-bond donors (Lipinski definition) is 2. The monoisotopic (exact) mass is 248 g/mol. The van der Waals surface area contributed by atoms with E-state index in [1.54, 1.807) is 6.92 Å². The van der Waals surface area contributed by atoms with Crippen LogP contribution in [0.3, 0.4) is 0 Å². The largest absolute Gasteiger partial charge is 0.481 e. The number of nitrogens with two attached hydrogens (primary N) is 1. The summed E-state index contributed by atoms with van der Waals surface area (Å²) in [7, 11) is 0. The van der Waals surface area contributed by atoms with Gasteiger partial charge in [-0.1, -0.05) is 12.1 Å². The molecule has 98 valence electrons. The van der Waals surface area contributed by atoms with Gasteiger partial charge in [0.15, 0.2) is 6.10 Å². The maximum Gasteiger partial charge on any atom is 0.260 e. The van der Waals surface area contributed by atoms with Crippen LogP contribution < -0.4 is 15.8 Å². The van der Waals surface area contributed by atoms with Gasteiger partial charge >= 0.3 is 0 Å². The van der Waals surface area contributed by atoms with E-state index >= 15 is 0 Å². The second-order valence-corrected chi connectivity index (χ2v) is 4.73. The number of benzene rings is 1. The van der Waals surface area contributed by atoms with Gasteiger partial charge in [0, 0.05) is 6.04 Å². The number of hydrogen-bond acceptors (Lipinski definition) is 3. The predicted octanol–water partition coefficient (Wildman–Crippen LogP) is 1.23. The molecule has 1 aliphatic rings. The van der Waals surface area contributed by atoms with Crippen LogP contribution in [-0.2, 0) is 11.2 Å². The molecule has 0 aromatic heterocycles. The Hall–Kier alpha value is -1.55. The first-order valence-electron chi connectivity index (χ1n) is 6.45. The molecule has 2 rings (SSSR count). The lowest BCUT2D eigenvalue weighted by Gasteiger charge is -2.15. The molecule has 1 atom stereocenters. The molecule has 1 amide bonds. The first kappa shape index (κ1) is 12.9. The SMILES string of the molecule is CC(Oc1cccc(CCN)c1)C(=O)NC1CC1. The molecule has 18 heavy (non-hydrogen) atoms. The number of rotatable bonds is 6. The highest BCUT2D eigenvalue weighted by molar-refractivity contribution is 5.81. The van der Waals surface area contributed by atoms with Crippen LogP contribution in [0, 0.1) is 0 Å². The minimum atomic E-state index is -0.460. The molecule has 1 aromatic rings. The molecule has 1 saturated carbocycles. The van der Waals surface area contributed by atoms with E-state index in [1.807, 2.05) is 24.3 Å². The molecular formula is C14H20N2O2. The van der Waals surface area contributed by atoms with Crippen molar-refractivity contribution in [3.8, 4) is 5.75 Å². The maximum absolute atomic E-state index is 11.8. The number of ether oxygens (including phenoxy) is 1. The van der Waals surface area contributed by atoms with Crippen LogP contribution in [0.4, 0.5) is 0 Å². The van der Waals surface area contributed by atoms with E-state index in [1.165, 1.54) is 0 Å². The van der Waals surface area contributed by atoms with Gasteiger partial charge in [0.25, 0.3) is 5.91 Å². The van der Waals surface area contributed by atoms with Crippen LogP contribution in [0.2, 0.25) is 0 Å². The van der Waals surface area contributed by atoms with Crippen molar-refractivity contribution in [2.75, 3.05) is 6.54 Å². The molecule has 1 aromatic carbocycles. The van der Waals surface area contributed by atoms with E-state index in [0.29, 0.717) is 12.6 Å². The molecule has 0 heterocycles. The molecular weight excluding hydrogens is 228 g/mol. The molecule has 0 radical (unpaired) electrons. The summed E-state index contributed by atoms with van der Waals surface area (Å²) >= 11 is 0. The van der Waals surface area contributed by atoms with Crippen molar-refractivity contribution in [1.82, 2.24) is 5.32 Å². The Labute approximate surface area is 108 Å². The van der Waals surface area contributed by atoms with Gasteiger partial charge < -0.3 is 15.8 Å². The van der Waals surface area contributed by atoms with Crippen LogP contribution in [0.5, 0.6) is 5.75 Å². The van der Waals surface area contributed by atoms with Crippen LogP contribution >= 0.6 is 0 Å². The molecule has 4 heteroatoms. The van der Waals surface area contributed by atoms with Crippen molar-refractivity contribution >= 4 is 5.91 Å². The Bertz CT molecular complexity index is 416. The third-order valence-corrected chi connectivity index (χ3v) is 2.94. The summed E-state index contributed by atoms with van der Waals surface area (Å²) in [5.74, 6) is 0.682. The van der Waals surface area contributed by atoms with Crippen LogP contribution in [-0.4, -0.2) is 24.6 Å². The van der Waals surface area contributed by atoms with E-state index < -0.39 is 6.10 Å². The molecule has 3 N–H and O–H groups in total. The molecule has 1 unspecified atom stereocenters. The number of carbonyl (C=O) groups excluding carboxylic acids is 1. The Morgan fingerprint density at radius 2 is 2.33 bits per heavy atom. The third-order valence-electron chi connectivity index (χ3n) is 2.94. The minimum Gasteiger partial charge on any atom is -0.481 e. The summed E-state index contributed by atoms with van der Waals surface area (Å²) in [6.07, 6.45) is 2.54. The first-order chi connectivity index (χ1) is 8.69. The van der Waals surface area contributed by atoms with Gasteiger partial charge in [0.05, 0.1) is 0 Å². The Morgan fingerprint density at radius 3 is 3.00 bits per heavy atom. The zero-order valence-electron chi connectivity index (χ0n) is 10.7. The third kappa shape index (κ3) is 3.74. The van der Waals surface area contributed by atoms with E-state index in [9.17, 15) is 4.79 Å². The minimum absolute atomic E-state index is 0.0401. The van der Waals surface area contributed by atoms with Gasteiger partial charge in [-0.25, -0.2) is 0 Å². The van der Waals surface area contributed by atoms with E-state index in [2.05, 4.69) is 5.32 Å². The maximum atomic E-state index is 11.8. The molecule has 4 nitrogen and oxygen atoms in total. The molecule has 0 saturated heterocycles. The Kier molecular flexibility index (Phi) is 4.20. The number of amides is 1. The summed E-state index contributed by atoms with van der Waals surface area (Å²) in [6, 6.07) is 8.10.